The van der Waals surface area contributed by atoms with Crippen molar-refractivity contribution < 1.29 is 22.4 Å². The number of hydrogen-bond acceptors (Lipinski definition) is 6. The molecule has 29 heavy (non-hydrogen) atoms. The van der Waals surface area contributed by atoms with Crippen LogP contribution >= 0.6 is 11.6 Å². The van der Waals surface area contributed by atoms with Crippen molar-refractivity contribution >= 4 is 38.6 Å². The van der Waals surface area contributed by atoms with Crippen LogP contribution in [0.2, 0.25) is 5.02 Å². The molecule has 0 saturated heterocycles. The highest BCUT2D eigenvalue weighted by molar-refractivity contribution is 7.89. The van der Waals surface area contributed by atoms with E-state index in [2.05, 4.69) is 4.72 Å². The Kier molecular flexibility index (Phi) is 5.79. The predicted octanol–water partition coefficient (Wildman–Crippen LogP) is 3.34. The topological polar surface area (TPSA) is 103 Å². The molecule has 3 aromatic rings. The number of hydrogen-bond donors (Lipinski definition) is 1. The number of benzene rings is 2. The van der Waals surface area contributed by atoms with E-state index in [1.165, 1.54) is 37.3 Å². The molecule has 0 unspecified atom stereocenters. The number of sulfonamides is 1. The number of aryl methyl sites for hydroxylation is 2. The Bertz CT molecular complexity index is 1250. The van der Waals surface area contributed by atoms with E-state index < -0.39 is 27.7 Å². The summed E-state index contributed by atoms with van der Waals surface area (Å²) in [7, 11) is -3.91. The average molecular weight is 436 g/mol. The maximum absolute atomic E-state index is 12.4. The summed E-state index contributed by atoms with van der Waals surface area (Å²) in [6.45, 7) is 4.91. The third kappa shape index (κ3) is 4.67. The Morgan fingerprint density at radius 2 is 1.79 bits per heavy atom. The number of carbonyl (C=O) groups is 1. The molecule has 0 bridgehead atoms. The zero-order valence-electron chi connectivity index (χ0n) is 15.9. The van der Waals surface area contributed by atoms with E-state index in [9.17, 15) is 18.0 Å². The van der Waals surface area contributed by atoms with Crippen LogP contribution in [0.5, 0.6) is 5.75 Å². The van der Waals surface area contributed by atoms with Crippen LogP contribution in [0.15, 0.2) is 56.6 Å². The molecule has 1 atom stereocenters. The van der Waals surface area contributed by atoms with Gasteiger partial charge in [0.05, 0.1) is 9.92 Å². The fraction of sp³-hybridized carbons (Fsp3) is 0.200. The second-order valence-corrected chi connectivity index (χ2v) is 8.73. The van der Waals surface area contributed by atoms with E-state index in [1.54, 1.807) is 19.1 Å². The Hall–Kier alpha value is -2.68. The van der Waals surface area contributed by atoms with Gasteiger partial charge in [-0.05, 0) is 44.5 Å². The first-order valence-corrected chi connectivity index (χ1v) is 10.5. The summed E-state index contributed by atoms with van der Waals surface area (Å²) in [6, 6.07) is 9.18. The van der Waals surface area contributed by atoms with Crippen molar-refractivity contribution in [1.82, 2.24) is 4.72 Å². The molecule has 152 valence electrons. The second kappa shape index (κ2) is 7.98. The lowest BCUT2D eigenvalue weighted by Gasteiger charge is -2.15. The zero-order valence-corrected chi connectivity index (χ0v) is 17.4. The molecule has 1 N–H and O–H groups in total. The minimum absolute atomic E-state index is 0.0312. The molecular formula is C20H18ClNO6S. The average Bonchev–Trinajstić information content (AvgIpc) is 2.63. The number of ether oxygens (including phenoxy) is 1. The highest BCUT2D eigenvalue weighted by Gasteiger charge is 2.24. The third-order valence-corrected chi connectivity index (χ3v) is 6.08. The summed E-state index contributed by atoms with van der Waals surface area (Å²) in [5, 5.41) is 0.721. The lowest BCUT2D eigenvalue weighted by atomic mass is 10.1. The lowest BCUT2D eigenvalue weighted by molar-refractivity contribution is -0.135. The maximum Gasteiger partial charge on any atom is 0.336 e. The molecule has 3 rings (SSSR count). The SMILES string of the molecule is Cc1ccc(S(=O)(=O)N[C@@H](C)C(=O)Oc2cc3oc(=O)cc(C)c3cc2Cl)cc1. The Morgan fingerprint density at radius 3 is 2.45 bits per heavy atom. The summed E-state index contributed by atoms with van der Waals surface area (Å²) in [5.74, 6) is -0.906. The molecule has 9 heteroatoms. The van der Waals surface area contributed by atoms with E-state index in [1.807, 2.05) is 6.92 Å². The van der Waals surface area contributed by atoms with Crippen molar-refractivity contribution in [3.8, 4) is 5.75 Å². The molecule has 2 aromatic carbocycles. The summed E-state index contributed by atoms with van der Waals surface area (Å²) in [5.41, 5.74) is 1.23. The summed E-state index contributed by atoms with van der Waals surface area (Å²) in [6.07, 6.45) is 0. The van der Waals surface area contributed by atoms with Crippen LogP contribution in [-0.2, 0) is 14.8 Å². The van der Waals surface area contributed by atoms with Gasteiger partial charge < -0.3 is 9.15 Å². The van der Waals surface area contributed by atoms with Crippen LogP contribution < -0.4 is 15.1 Å². The summed E-state index contributed by atoms with van der Waals surface area (Å²) >= 11 is 6.17. The van der Waals surface area contributed by atoms with Gasteiger partial charge in [0.15, 0.2) is 5.75 Å². The Morgan fingerprint density at radius 1 is 1.14 bits per heavy atom. The second-order valence-electron chi connectivity index (χ2n) is 6.60. The van der Waals surface area contributed by atoms with Crippen LogP contribution in [0.4, 0.5) is 0 Å². The van der Waals surface area contributed by atoms with Crippen LogP contribution in [0, 0.1) is 13.8 Å². The highest BCUT2D eigenvalue weighted by Crippen LogP contribution is 2.31. The van der Waals surface area contributed by atoms with Crippen molar-refractivity contribution in [2.24, 2.45) is 0 Å². The summed E-state index contributed by atoms with van der Waals surface area (Å²) < 4.78 is 37.5. The van der Waals surface area contributed by atoms with Crippen LogP contribution in [0.1, 0.15) is 18.1 Å². The molecule has 0 radical (unpaired) electrons. The van der Waals surface area contributed by atoms with E-state index in [4.69, 9.17) is 20.8 Å². The molecular weight excluding hydrogens is 418 g/mol. The van der Waals surface area contributed by atoms with Gasteiger partial charge in [-0.2, -0.15) is 4.72 Å². The molecule has 7 nitrogen and oxygen atoms in total. The minimum Gasteiger partial charge on any atom is -0.424 e. The molecule has 0 fully saturated rings. The van der Waals surface area contributed by atoms with Crippen molar-refractivity contribution in [2.45, 2.75) is 31.7 Å². The van der Waals surface area contributed by atoms with E-state index in [0.717, 1.165) is 5.56 Å². The normalized spacial score (nSPS) is 12.7. The van der Waals surface area contributed by atoms with E-state index >= 15 is 0 Å². The number of esters is 1. The monoisotopic (exact) mass is 435 g/mol. The minimum atomic E-state index is -3.91. The number of carbonyl (C=O) groups excluding carboxylic acids is 1. The van der Waals surface area contributed by atoms with Crippen LogP contribution in [-0.4, -0.2) is 20.4 Å². The van der Waals surface area contributed by atoms with Gasteiger partial charge in [-0.1, -0.05) is 29.3 Å². The number of halogens is 1. The molecule has 1 heterocycles. The van der Waals surface area contributed by atoms with Crippen molar-refractivity contribution in [3.63, 3.8) is 0 Å². The number of fused-ring (bicyclic) bond motifs is 1. The largest absolute Gasteiger partial charge is 0.424 e. The van der Waals surface area contributed by atoms with Gasteiger partial charge in [0.2, 0.25) is 10.0 Å². The molecule has 0 aliphatic heterocycles. The Balaban J connectivity index is 1.81. The first-order valence-electron chi connectivity index (χ1n) is 8.61. The fourth-order valence-corrected chi connectivity index (χ4v) is 4.06. The smallest absolute Gasteiger partial charge is 0.336 e. The first kappa shape index (κ1) is 21.0. The van der Waals surface area contributed by atoms with Gasteiger partial charge in [0, 0.05) is 17.5 Å². The van der Waals surface area contributed by atoms with Crippen molar-refractivity contribution in [3.05, 3.63) is 69.0 Å². The summed E-state index contributed by atoms with van der Waals surface area (Å²) in [4.78, 5) is 24.0. The Labute approximate surface area is 172 Å². The van der Waals surface area contributed by atoms with Crippen molar-refractivity contribution in [2.75, 3.05) is 0 Å². The molecule has 0 amide bonds. The van der Waals surface area contributed by atoms with Gasteiger partial charge in [0.25, 0.3) is 0 Å². The van der Waals surface area contributed by atoms with Gasteiger partial charge in [-0.15, -0.1) is 0 Å². The third-order valence-electron chi connectivity index (χ3n) is 4.23. The van der Waals surface area contributed by atoms with Gasteiger partial charge >= 0.3 is 11.6 Å². The van der Waals surface area contributed by atoms with E-state index in [-0.39, 0.29) is 21.3 Å². The van der Waals surface area contributed by atoms with Crippen LogP contribution in [0.25, 0.3) is 11.0 Å². The van der Waals surface area contributed by atoms with Crippen LogP contribution in [0.3, 0.4) is 0 Å². The molecule has 0 aliphatic rings. The van der Waals surface area contributed by atoms with Gasteiger partial charge in [-0.3, -0.25) is 0 Å². The predicted molar refractivity (Wildman–Crippen MR) is 109 cm³/mol. The standard InChI is InChI=1S/C20H18ClNO6S/c1-11-4-6-14(7-5-11)29(25,26)22-13(3)20(24)28-18-10-17-15(9-16(18)21)12(2)8-19(23)27-17/h4-10,13,22H,1-3H3/t13-/m0/s1. The fourth-order valence-electron chi connectivity index (χ4n) is 2.66. The van der Waals surface area contributed by atoms with Crippen molar-refractivity contribution in [1.29, 1.82) is 0 Å². The zero-order chi connectivity index (χ0) is 21.3. The molecule has 0 aliphatic carbocycles. The van der Waals surface area contributed by atoms with E-state index in [0.29, 0.717) is 10.9 Å². The van der Waals surface area contributed by atoms with Gasteiger partial charge in [0.1, 0.15) is 11.6 Å². The number of rotatable bonds is 5. The lowest BCUT2D eigenvalue weighted by Crippen LogP contribution is -2.40. The first-order chi connectivity index (χ1) is 13.6. The maximum atomic E-state index is 12.4. The molecule has 0 saturated carbocycles. The number of nitrogens with one attached hydrogen (secondary N) is 1. The highest BCUT2D eigenvalue weighted by atomic mass is 35.5. The molecule has 1 aromatic heterocycles. The molecule has 0 spiro atoms. The van der Waals surface area contributed by atoms with Gasteiger partial charge in [-0.25, -0.2) is 18.0 Å². The quantitative estimate of drug-likeness (QED) is 0.374.